The van der Waals surface area contributed by atoms with Gasteiger partial charge >= 0.3 is 0 Å². The van der Waals surface area contributed by atoms with Gasteiger partial charge in [-0.15, -0.1) is 0 Å². The lowest BCUT2D eigenvalue weighted by Crippen LogP contribution is -2.05. The first kappa shape index (κ1) is 16.6. The van der Waals surface area contributed by atoms with Crippen molar-refractivity contribution >= 4 is 11.4 Å². The van der Waals surface area contributed by atoms with E-state index in [9.17, 15) is 0 Å². The summed E-state index contributed by atoms with van der Waals surface area (Å²) in [6.07, 6.45) is 0. The summed E-state index contributed by atoms with van der Waals surface area (Å²) >= 11 is 0. The molecular weight excluding hydrogens is 312 g/mol. The number of oxime groups is 1. The molecule has 0 amide bonds. The number of methoxy groups -OCH3 is 1. The number of hydrogen-bond donors (Lipinski definition) is 1. The maximum Gasteiger partial charge on any atom is 0.142 e. The Morgan fingerprint density at radius 3 is 2.32 bits per heavy atom. The Labute approximate surface area is 147 Å². The van der Waals surface area contributed by atoms with Crippen molar-refractivity contribution in [3.8, 4) is 5.75 Å². The summed E-state index contributed by atoms with van der Waals surface area (Å²) in [4.78, 5) is 5.60. The van der Waals surface area contributed by atoms with Crippen molar-refractivity contribution in [3.63, 3.8) is 0 Å². The van der Waals surface area contributed by atoms with Crippen LogP contribution < -0.4 is 10.5 Å². The van der Waals surface area contributed by atoms with E-state index in [1.807, 2.05) is 78.9 Å². The van der Waals surface area contributed by atoms with Gasteiger partial charge in [0, 0.05) is 16.8 Å². The van der Waals surface area contributed by atoms with Crippen molar-refractivity contribution in [2.45, 2.75) is 6.61 Å². The number of benzene rings is 3. The monoisotopic (exact) mass is 332 g/mol. The molecule has 0 aromatic heterocycles. The van der Waals surface area contributed by atoms with E-state index in [1.165, 1.54) is 0 Å². The highest BCUT2D eigenvalue weighted by molar-refractivity contribution is 6.13. The van der Waals surface area contributed by atoms with Crippen LogP contribution in [0.3, 0.4) is 0 Å². The zero-order valence-electron chi connectivity index (χ0n) is 14.1. The van der Waals surface area contributed by atoms with Gasteiger partial charge in [-0.1, -0.05) is 47.6 Å². The summed E-state index contributed by atoms with van der Waals surface area (Å²) in [6.45, 7) is 0.406. The van der Waals surface area contributed by atoms with E-state index in [4.69, 9.17) is 15.3 Å². The normalized spacial score (nSPS) is 11.2. The quantitative estimate of drug-likeness (QED) is 0.417. The minimum atomic E-state index is 0.406. The maximum atomic E-state index is 5.92. The molecule has 0 saturated carbocycles. The van der Waals surface area contributed by atoms with Crippen molar-refractivity contribution in [1.29, 1.82) is 0 Å². The molecule has 2 N–H and O–H groups in total. The number of hydrogen-bond acceptors (Lipinski definition) is 4. The molecule has 0 spiro atoms. The van der Waals surface area contributed by atoms with Crippen LogP contribution in [0.4, 0.5) is 5.69 Å². The highest BCUT2D eigenvalue weighted by atomic mass is 16.6. The van der Waals surface area contributed by atoms with Crippen LogP contribution in [-0.4, -0.2) is 12.8 Å². The fraction of sp³-hybridized carbons (Fsp3) is 0.0952. The van der Waals surface area contributed by atoms with Crippen LogP contribution >= 0.6 is 0 Å². The van der Waals surface area contributed by atoms with Crippen LogP contribution in [0.2, 0.25) is 0 Å². The summed E-state index contributed by atoms with van der Waals surface area (Å²) in [5.41, 5.74) is 10.2. The van der Waals surface area contributed by atoms with Crippen LogP contribution in [0.1, 0.15) is 16.7 Å². The first-order valence-corrected chi connectivity index (χ1v) is 8.00. The topological polar surface area (TPSA) is 56.8 Å². The Morgan fingerprint density at radius 1 is 0.880 bits per heavy atom. The highest BCUT2D eigenvalue weighted by Crippen LogP contribution is 2.18. The van der Waals surface area contributed by atoms with Gasteiger partial charge in [0.05, 0.1) is 7.11 Å². The Bertz CT molecular complexity index is 843. The number of nitrogens with two attached hydrogens (primary N) is 1. The Balaban J connectivity index is 1.89. The van der Waals surface area contributed by atoms with Gasteiger partial charge in [0.2, 0.25) is 0 Å². The SMILES string of the molecule is COc1ccc(C(=NOCc2ccccc2)c2cccc(N)c2)cc1. The van der Waals surface area contributed by atoms with Crippen LogP contribution in [-0.2, 0) is 11.4 Å². The van der Waals surface area contributed by atoms with Crippen molar-refractivity contribution in [2.75, 3.05) is 12.8 Å². The van der Waals surface area contributed by atoms with Crippen LogP contribution in [0.15, 0.2) is 84.0 Å². The zero-order chi connectivity index (χ0) is 17.5. The second kappa shape index (κ2) is 8.02. The molecule has 4 heteroatoms. The van der Waals surface area contributed by atoms with Crippen molar-refractivity contribution in [1.82, 2.24) is 0 Å². The highest BCUT2D eigenvalue weighted by Gasteiger charge is 2.09. The summed E-state index contributed by atoms with van der Waals surface area (Å²) in [7, 11) is 1.64. The van der Waals surface area contributed by atoms with Gasteiger partial charge in [-0.05, 0) is 42.0 Å². The van der Waals surface area contributed by atoms with Gasteiger partial charge in [-0.3, -0.25) is 0 Å². The van der Waals surface area contributed by atoms with E-state index in [0.717, 1.165) is 28.2 Å². The number of nitrogens with zero attached hydrogens (tertiary/aromatic N) is 1. The fourth-order valence-electron chi connectivity index (χ4n) is 2.45. The molecule has 0 aliphatic heterocycles. The van der Waals surface area contributed by atoms with E-state index in [2.05, 4.69) is 5.16 Å². The van der Waals surface area contributed by atoms with Crippen molar-refractivity contribution < 1.29 is 9.57 Å². The molecule has 0 radical (unpaired) electrons. The molecule has 25 heavy (non-hydrogen) atoms. The maximum absolute atomic E-state index is 5.92. The summed E-state index contributed by atoms with van der Waals surface area (Å²) in [5.74, 6) is 0.792. The third-order valence-corrected chi connectivity index (χ3v) is 3.75. The standard InChI is InChI=1S/C21H20N2O2/c1-24-20-12-10-17(11-13-20)21(18-8-5-9-19(22)14-18)23-25-15-16-6-3-2-4-7-16/h2-14H,15,22H2,1H3. The second-order valence-corrected chi connectivity index (χ2v) is 5.55. The molecule has 0 aliphatic carbocycles. The smallest absolute Gasteiger partial charge is 0.142 e. The summed E-state index contributed by atoms with van der Waals surface area (Å²) in [5, 5.41) is 4.38. The molecule has 3 rings (SSSR count). The minimum Gasteiger partial charge on any atom is -0.497 e. The molecule has 0 unspecified atom stereocenters. The van der Waals surface area contributed by atoms with Crippen LogP contribution in [0.5, 0.6) is 5.75 Å². The average Bonchev–Trinajstić information content (AvgIpc) is 2.66. The molecule has 3 aromatic carbocycles. The molecule has 3 aromatic rings. The first-order chi connectivity index (χ1) is 12.3. The summed E-state index contributed by atoms with van der Waals surface area (Å²) < 4.78 is 5.22. The Morgan fingerprint density at radius 2 is 1.64 bits per heavy atom. The van der Waals surface area contributed by atoms with Crippen LogP contribution in [0.25, 0.3) is 0 Å². The number of nitrogen functional groups attached to an aromatic ring is 1. The molecule has 0 saturated heterocycles. The molecule has 0 bridgehead atoms. The molecule has 4 nitrogen and oxygen atoms in total. The van der Waals surface area contributed by atoms with Crippen molar-refractivity contribution in [3.05, 3.63) is 95.6 Å². The van der Waals surface area contributed by atoms with Gasteiger partial charge in [-0.2, -0.15) is 0 Å². The van der Waals surface area contributed by atoms with Gasteiger partial charge < -0.3 is 15.3 Å². The van der Waals surface area contributed by atoms with Crippen molar-refractivity contribution in [2.24, 2.45) is 5.16 Å². The molecule has 0 fully saturated rings. The molecule has 126 valence electrons. The van der Waals surface area contributed by atoms with E-state index < -0.39 is 0 Å². The Kier molecular flexibility index (Phi) is 5.32. The van der Waals surface area contributed by atoms with Crippen LogP contribution in [0, 0.1) is 0 Å². The molecule has 0 heterocycles. The van der Waals surface area contributed by atoms with Gasteiger partial charge in [-0.25, -0.2) is 0 Å². The van der Waals surface area contributed by atoms with Gasteiger partial charge in [0.1, 0.15) is 18.1 Å². The third-order valence-electron chi connectivity index (χ3n) is 3.75. The predicted molar refractivity (Wildman–Crippen MR) is 101 cm³/mol. The third kappa shape index (κ3) is 4.38. The zero-order valence-corrected chi connectivity index (χ0v) is 14.1. The Hall–Kier alpha value is -3.27. The largest absolute Gasteiger partial charge is 0.497 e. The number of ether oxygens (including phenoxy) is 1. The van der Waals surface area contributed by atoms with E-state index >= 15 is 0 Å². The van der Waals surface area contributed by atoms with E-state index in [-0.39, 0.29) is 0 Å². The average molecular weight is 332 g/mol. The number of rotatable bonds is 6. The second-order valence-electron chi connectivity index (χ2n) is 5.55. The molecule has 0 aliphatic rings. The van der Waals surface area contributed by atoms with E-state index in [0.29, 0.717) is 12.3 Å². The van der Waals surface area contributed by atoms with E-state index in [1.54, 1.807) is 7.11 Å². The van der Waals surface area contributed by atoms with Gasteiger partial charge in [0.15, 0.2) is 0 Å². The molecule has 0 atom stereocenters. The number of anilines is 1. The minimum absolute atomic E-state index is 0.406. The predicted octanol–water partition coefficient (Wildman–Crippen LogP) is 4.25. The van der Waals surface area contributed by atoms with Gasteiger partial charge in [0.25, 0.3) is 0 Å². The lowest BCUT2D eigenvalue weighted by atomic mass is 10.0. The fourth-order valence-corrected chi connectivity index (χ4v) is 2.45. The lowest BCUT2D eigenvalue weighted by Gasteiger charge is -2.09. The molecular formula is C21H20N2O2. The lowest BCUT2D eigenvalue weighted by molar-refractivity contribution is 0.131. The first-order valence-electron chi connectivity index (χ1n) is 8.00. The summed E-state index contributed by atoms with van der Waals surface area (Å²) in [6, 6.07) is 25.2.